The molecule has 1 unspecified atom stereocenters. The van der Waals surface area contributed by atoms with E-state index in [9.17, 15) is 24.1 Å². The predicted molar refractivity (Wildman–Crippen MR) is 157 cm³/mol. The Kier molecular flexibility index (Phi) is 12.3. The van der Waals surface area contributed by atoms with E-state index < -0.39 is 43.7 Å². The van der Waals surface area contributed by atoms with Crippen LogP contribution in [0.2, 0.25) is 0 Å². The van der Waals surface area contributed by atoms with Crippen LogP contribution in [0.1, 0.15) is 52.0 Å². The van der Waals surface area contributed by atoms with Crippen molar-refractivity contribution in [3.63, 3.8) is 0 Å². The molecule has 1 amide bonds. The molecule has 40 heavy (non-hydrogen) atoms. The smallest absolute Gasteiger partial charge is 0.326 e. The molecule has 4 atom stereocenters. The van der Waals surface area contributed by atoms with Crippen LogP contribution in [0.4, 0.5) is 0 Å². The van der Waals surface area contributed by atoms with E-state index in [-0.39, 0.29) is 30.3 Å². The summed E-state index contributed by atoms with van der Waals surface area (Å²) in [6, 6.07) is 18.6. The van der Waals surface area contributed by atoms with Gasteiger partial charge in [-0.3, -0.25) is 18.7 Å². The quantitative estimate of drug-likeness (QED) is 0.115. The first-order valence-corrected chi connectivity index (χ1v) is 16.7. The Morgan fingerprint density at radius 2 is 1.70 bits per heavy atom. The van der Waals surface area contributed by atoms with E-state index in [1.807, 2.05) is 60.7 Å². The third kappa shape index (κ3) is 9.79. The number of aliphatic carboxylic acids is 1. The molecule has 1 heterocycles. The van der Waals surface area contributed by atoms with Gasteiger partial charge < -0.3 is 14.7 Å². The normalized spacial score (nSPS) is 19.2. The molecule has 1 N–H and O–H groups in total. The zero-order valence-corrected chi connectivity index (χ0v) is 25.2. The Balaban J connectivity index is 1.73. The number of ether oxygens (including phenoxy) is 1. The molecule has 1 aliphatic rings. The van der Waals surface area contributed by atoms with Gasteiger partial charge >= 0.3 is 11.9 Å². The monoisotopic (exact) mass is 589 g/mol. The van der Waals surface area contributed by atoms with Crippen molar-refractivity contribution < 1.29 is 33.3 Å². The molecule has 8 nitrogen and oxygen atoms in total. The summed E-state index contributed by atoms with van der Waals surface area (Å²) in [5.41, 5.74) is 1.16. The molecule has 3 rings (SSSR count). The third-order valence-electron chi connectivity index (χ3n) is 6.72. The second kappa shape index (κ2) is 15.4. The van der Waals surface area contributed by atoms with Crippen molar-refractivity contribution in [2.24, 2.45) is 5.92 Å². The van der Waals surface area contributed by atoms with Crippen LogP contribution in [-0.4, -0.2) is 64.3 Å². The summed E-state index contributed by atoms with van der Waals surface area (Å²) in [5, 5.41) is 9.78. The van der Waals surface area contributed by atoms with Crippen LogP contribution in [0.5, 0.6) is 0 Å². The van der Waals surface area contributed by atoms with E-state index in [1.54, 1.807) is 20.8 Å². The van der Waals surface area contributed by atoms with Crippen LogP contribution in [0, 0.1) is 5.92 Å². The van der Waals surface area contributed by atoms with E-state index in [1.165, 1.54) is 16.7 Å². The highest BCUT2D eigenvalue weighted by molar-refractivity contribution is 8.00. The van der Waals surface area contributed by atoms with Gasteiger partial charge in [0.15, 0.2) is 0 Å². The molecule has 1 fully saturated rings. The number of carbonyl (C=O) groups excluding carboxylic acids is 2. The number of rotatable bonds is 15. The number of hydrogen-bond donors (Lipinski definition) is 1. The molecule has 0 saturated carbocycles. The van der Waals surface area contributed by atoms with E-state index >= 15 is 0 Å². The van der Waals surface area contributed by atoms with Gasteiger partial charge in [-0.05, 0) is 43.4 Å². The molecule has 218 valence electrons. The van der Waals surface area contributed by atoms with E-state index in [2.05, 4.69) is 0 Å². The van der Waals surface area contributed by atoms with Gasteiger partial charge in [0.1, 0.15) is 12.2 Å². The minimum atomic E-state index is -3.64. The second-order valence-corrected chi connectivity index (χ2v) is 14.4. The standard InChI is InChI=1S/C30H40NO7PS/c1-4-28(33)37-30(22(2)3)38-39(36,18-12-11-15-23-13-7-5-8-14-23)21-27(32)31-20-25(19-26(31)29(34)35)40-24-16-9-6-10-17-24/h5-10,13-14,16-17,22,25-26,30H,4,11-12,15,18-21H2,1-3H3,(H,34,35)/t25-,26+,30-,39?/m1/s1. The molecular weight excluding hydrogens is 549 g/mol. The van der Waals surface area contributed by atoms with Crippen LogP contribution in [-0.2, 0) is 34.6 Å². The highest BCUT2D eigenvalue weighted by Gasteiger charge is 2.43. The summed E-state index contributed by atoms with van der Waals surface area (Å²) in [4.78, 5) is 40.0. The number of carboxylic acids is 1. The van der Waals surface area contributed by atoms with Gasteiger partial charge in [0, 0.05) is 35.2 Å². The van der Waals surface area contributed by atoms with Crippen molar-refractivity contribution in [1.82, 2.24) is 4.90 Å². The molecule has 0 radical (unpaired) electrons. The Hall–Kier alpha value is -2.61. The van der Waals surface area contributed by atoms with Gasteiger partial charge in [-0.25, -0.2) is 4.79 Å². The van der Waals surface area contributed by atoms with Crippen LogP contribution in [0.25, 0.3) is 0 Å². The lowest BCUT2D eigenvalue weighted by Crippen LogP contribution is -2.42. The molecule has 0 bridgehead atoms. The minimum absolute atomic E-state index is 0.104. The second-order valence-electron chi connectivity index (χ2n) is 10.4. The van der Waals surface area contributed by atoms with Gasteiger partial charge in [0.2, 0.25) is 19.6 Å². The molecule has 1 saturated heterocycles. The highest BCUT2D eigenvalue weighted by Crippen LogP contribution is 2.50. The van der Waals surface area contributed by atoms with Crippen LogP contribution in [0.3, 0.4) is 0 Å². The molecular formula is C30H40NO7PS. The Bertz CT molecular complexity index is 1160. The van der Waals surface area contributed by atoms with Gasteiger partial charge in [-0.1, -0.05) is 69.3 Å². The fourth-order valence-electron chi connectivity index (χ4n) is 4.56. The topological polar surface area (TPSA) is 110 Å². The number of carboxylic acid groups (broad SMARTS) is 1. The third-order valence-corrected chi connectivity index (χ3v) is 10.3. The lowest BCUT2D eigenvalue weighted by atomic mass is 10.1. The van der Waals surface area contributed by atoms with Crippen molar-refractivity contribution in [2.45, 2.75) is 75.4 Å². The van der Waals surface area contributed by atoms with Crippen molar-refractivity contribution in [2.75, 3.05) is 18.9 Å². The average Bonchev–Trinajstić information content (AvgIpc) is 3.36. The number of benzene rings is 2. The van der Waals surface area contributed by atoms with Gasteiger partial charge in [-0.2, -0.15) is 0 Å². The van der Waals surface area contributed by atoms with Crippen molar-refractivity contribution in [3.8, 4) is 0 Å². The lowest BCUT2D eigenvalue weighted by molar-refractivity contribution is -0.169. The van der Waals surface area contributed by atoms with Crippen molar-refractivity contribution >= 4 is 37.0 Å². The minimum Gasteiger partial charge on any atom is -0.480 e. The molecule has 2 aromatic rings. The maximum atomic E-state index is 14.2. The fraction of sp³-hybridized carbons (Fsp3) is 0.500. The summed E-state index contributed by atoms with van der Waals surface area (Å²) < 4.78 is 25.6. The predicted octanol–water partition coefficient (Wildman–Crippen LogP) is 6.09. The SMILES string of the molecule is CCC(=O)O[C@H](OP(=O)(CCCCc1ccccc1)CC(=O)N1C[C@H](Sc2ccccc2)C[C@H]1C(=O)O)C(C)C. The number of amides is 1. The highest BCUT2D eigenvalue weighted by atomic mass is 32.2. The molecule has 0 aromatic heterocycles. The first-order valence-electron chi connectivity index (χ1n) is 13.8. The number of aryl methyl sites for hydroxylation is 1. The van der Waals surface area contributed by atoms with Gasteiger partial charge in [0.25, 0.3) is 0 Å². The zero-order valence-electron chi connectivity index (χ0n) is 23.4. The van der Waals surface area contributed by atoms with Gasteiger partial charge in [0.05, 0.1) is 0 Å². The van der Waals surface area contributed by atoms with Crippen molar-refractivity contribution in [3.05, 3.63) is 66.2 Å². The summed E-state index contributed by atoms with van der Waals surface area (Å²) >= 11 is 1.54. The number of thioether (sulfide) groups is 1. The van der Waals surface area contributed by atoms with Gasteiger partial charge in [-0.15, -0.1) is 11.8 Å². The largest absolute Gasteiger partial charge is 0.480 e. The Morgan fingerprint density at radius 1 is 1.05 bits per heavy atom. The fourth-order valence-corrected chi connectivity index (χ4v) is 8.07. The number of unbranched alkanes of at least 4 members (excludes halogenated alkanes) is 1. The molecule has 0 aliphatic carbocycles. The Morgan fingerprint density at radius 3 is 2.30 bits per heavy atom. The maximum Gasteiger partial charge on any atom is 0.326 e. The summed E-state index contributed by atoms with van der Waals surface area (Å²) in [7, 11) is -3.64. The number of hydrogen-bond acceptors (Lipinski definition) is 7. The first-order chi connectivity index (χ1) is 19.1. The van der Waals surface area contributed by atoms with Crippen LogP contribution < -0.4 is 0 Å². The van der Waals surface area contributed by atoms with Crippen LogP contribution >= 0.6 is 19.1 Å². The first kappa shape index (κ1) is 31.9. The number of esters is 1. The average molecular weight is 590 g/mol. The molecule has 1 aliphatic heterocycles. The summed E-state index contributed by atoms with van der Waals surface area (Å²) in [6.45, 7) is 5.49. The number of likely N-dealkylation sites (tertiary alicyclic amines) is 1. The number of nitrogens with zero attached hydrogens (tertiary/aromatic N) is 1. The maximum absolute atomic E-state index is 14.2. The molecule has 2 aromatic carbocycles. The van der Waals surface area contributed by atoms with E-state index in [0.29, 0.717) is 12.8 Å². The summed E-state index contributed by atoms with van der Waals surface area (Å²) in [6.07, 6.45) is 1.15. The zero-order chi connectivity index (χ0) is 29.1. The van der Waals surface area contributed by atoms with E-state index in [0.717, 1.165) is 23.3 Å². The van der Waals surface area contributed by atoms with Crippen LogP contribution in [0.15, 0.2) is 65.6 Å². The number of carbonyl (C=O) groups is 3. The molecule has 0 spiro atoms. The Labute approximate surface area is 241 Å². The molecule has 10 heteroatoms. The lowest BCUT2D eigenvalue weighted by Gasteiger charge is -2.29. The summed E-state index contributed by atoms with van der Waals surface area (Å²) in [5.74, 6) is -2.36. The van der Waals surface area contributed by atoms with Crippen molar-refractivity contribution in [1.29, 1.82) is 0 Å². The van der Waals surface area contributed by atoms with E-state index in [4.69, 9.17) is 9.26 Å².